The van der Waals surface area contributed by atoms with Gasteiger partial charge in [-0.15, -0.1) is 11.3 Å². The fraction of sp³-hybridized carbons (Fsp3) is 0.615. The number of halogens is 1. The normalized spacial score (nSPS) is 17.2. The van der Waals surface area contributed by atoms with Gasteiger partial charge in [-0.1, -0.05) is 0 Å². The first-order chi connectivity index (χ1) is 9.78. The number of nitrogens with zero attached hydrogens (tertiary/aromatic N) is 2. The van der Waals surface area contributed by atoms with Crippen LogP contribution in [0.15, 0.2) is 20.2 Å². The Bertz CT molecular complexity index is 432. The Morgan fingerprint density at radius 2 is 2.25 bits per heavy atom. The van der Waals surface area contributed by atoms with Crippen LogP contribution in [0.4, 0.5) is 0 Å². The van der Waals surface area contributed by atoms with E-state index in [0.29, 0.717) is 0 Å². The second-order valence-electron chi connectivity index (χ2n) is 4.57. The van der Waals surface area contributed by atoms with Gasteiger partial charge in [0.1, 0.15) is 0 Å². The molecule has 0 atom stereocenters. The first kappa shape index (κ1) is 15.8. The Labute approximate surface area is 132 Å². The van der Waals surface area contributed by atoms with E-state index in [1.807, 2.05) is 0 Å². The minimum Gasteiger partial charge on any atom is -0.379 e. The van der Waals surface area contributed by atoms with Gasteiger partial charge < -0.3 is 15.4 Å². The fourth-order valence-electron chi connectivity index (χ4n) is 2.00. The maximum atomic E-state index is 5.34. The molecule has 1 saturated heterocycles. The van der Waals surface area contributed by atoms with E-state index in [0.717, 1.165) is 55.7 Å². The number of guanidine groups is 1. The number of morpholine rings is 1. The lowest BCUT2D eigenvalue weighted by atomic mass is 10.3. The Morgan fingerprint density at radius 3 is 2.90 bits per heavy atom. The van der Waals surface area contributed by atoms with Crippen molar-refractivity contribution in [1.29, 1.82) is 0 Å². The van der Waals surface area contributed by atoms with Gasteiger partial charge in [0.25, 0.3) is 0 Å². The van der Waals surface area contributed by atoms with Gasteiger partial charge in [0.05, 0.1) is 17.0 Å². The molecule has 1 aromatic heterocycles. The van der Waals surface area contributed by atoms with Crippen LogP contribution in [0.1, 0.15) is 5.56 Å². The van der Waals surface area contributed by atoms with Crippen molar-refractivity contribution in [3.63, 3.8) is 0 Å². The first-order valence-electron chi connectivity index (χ1n) is 6.75. The second-order valence-corrected chi connectivity index (χ2v) is 6.86. The molecule has 112 valence electrons. The number of nitrogens with one attached hydrogen (secondary N) is 2. The van der Waals surface area contributed by atoms with E-state index >= 15 is 0 Å². The number of aliphatic imine (C=N–C) groups is 1. The molecule has 2 rings (SSSR count). The standard InChI is InChI=1S/C13H21BrN4OS/c1-15-13(17-9-11-8-12(14)20-10-11)16-2-3-18-4-6-19-7-5-18/h8,10H,2-7,9H2,1H3,(H2,15,16,17). The van der Waals surface area contributed by atoms with Gasteiger partial charge in [0.2, 0.25) is 0 Å². The lowest BCUT2D eigenvalue weighted by molar-refractivity contribution is 0.0389. The molecule has 0 spiro atoms. The Balaban J connectivity index is 1.64. The van der Waals surface area contributed by atoms with Crippen molar-refractivity contribution in [1.82, 2.24) is 15.5 Å². The van der Waals surface area contributed by atoms with E-state index in [1.54, 1.807) is 18.4 Å². The summed E-state index contributed by atoms with van der Waals surface area (Å²) in [5.74, 6) is 0.848. The Hall–Kier alpha value is -0.630. The van der Waals surface area contributed by atoms with E-state index < -0.39 is 0 Å². The zero-order chi connectivity index (χ0) is 14.2. The van der Waals surface area contributed by atoms with Crippen LogP contribution >= 0.6 is 27.3 Å². The zero-order valence-electron chi connectivity index (χ0n) is 11.7. The van der Waals surface area contributed by atoms with Crippen molar-refractivity contribution in [3.8, 4) is 0 Å². The molecule has 0 amide bonds. The van der Waals surface area contributed by atoms with Crippen LogP contribution in [-0.2, 0) is 11.3 Å². The van der Waals surface area contributed by atoms with Gasteiger partial charge in [-0.05, 0) is 32.9 Å². The van der Waals surface area contributed by atoms with Gasteiger partial charge in [-0.3, -0.25) is 9.89 Å². The number of ether oxygens (including phenoxy) is 1. The molecular weight excluding hydrogens is 340 g/mol. The zero-order valence-corrected chi connectivity index (χ0v) is 14.1. The summed E-state index contributed by atoms with van der Waals surface area (Å²) in [4.78, 5) is 6.64. The molecule has 0 saturated carbocycles. The van der Waals surface area contributed by atoms with Crippen LogP contribution in [0.5, 0.6) is 0 Å². The van der Waals surface area contributed by atoms with Gasteiger partial charge in [-0.2, -0.15) is 0 Å². The molecule has 1 aliphatic rings. The molecule has 1 fully saturated rings. The maximum Gasteiger partial charge on any atom is 0.191 e. The molecule has 7 heteroatoms. The largest absolute Gasteiger partial charge is 0.379 e. The van der Waals surface area contributed by atoms with Crippen LogP contribution in [0, 0.1) is 0 Å². The Morgan fingerprint density at radius 1 is 1.45 bits per heavy atom. The van der Waals surface area contributed by atoms with Crippen molar-refractivity contribution < 1.29 is 4.74 Å². The summed E-state index contributed by atoms with van der Waals surface area (Å²) in [6.07, 6.45) is 0. The summed E-state index contributed by atoms with van der Waals surface area (Å²) >= 11 is 5.17. The summed E-state index contributed by atoms with van der Waals surface area (Å²) < 4.78 is 6.49. The molecule has 0 aliphatic carbocycles. The van der Waals surface area contributed by atoms with Gasteiger partial charge >= 0.3 is 0 Å². The van der Waals surface area contributed by atoms with Crippen LogP contribution in [0.3, 0.4) is 0 Å². The molecule has 1 aliphatic heterocycles. The van der Waals surface area contributed by atoms with Crippen molar-refractivity contribution in [2.24, 2.45) is 4.99 Å². The van der Waals surface area contributed by atoms with Crippen LogP contribution < -0.4 is 10.6 Å². The van der Waals surface area contributed by atoms with E-state index in [1.165, 1.54) is 5.56 Å². The summed E-state index contributed by atoms with van der Waals surface area (Å²) in [6, 6.07) is 2.12. The molecule has 0 radical (unpaired) electrons. The Kier molecular flexibility index (Phi) is 6.78. The monoisotopic (exact) mass is 360 g/mol. The highest BCUT2D eigenvalue weighted by atomic mass is 79.9. The smallest absolute Gasteiger partial charge is 0.191 e. The van der Waals surface area contributed by atoms with E-state index in [2.05, 4.69) is 47.9 Å². The van der Waals surface area contributed by atoms with Crippen molar-refractivity contribution >= 4 is 33.2 Å². The molecule has 0 unspecified atom stereocenters. The highest BCUT2D eigenvalue weighted by molar-refractivity contribution is 9.11. The first-order valence-corrected chi connectivity index (χ1v) is 8.42. The third-order valence-corrected chi connectivity index (χ3v) is 4.68. The van der Waals surface area contributed by atoms with Crippen LogP contribution in [-0.4, -0.2) is 57.3 Å². The molecular formula is C13H21BrN4OS. The van der Waals surface area contributed by atoms with Crippen LogP contribution in [0.2, 0.25) is 0 Å². The van der Waals surface area contributed by atoms with E-state index in [-0.39, 0.29) is 0 Å². The summed E-state index contributed by atoms with van der Waals surface area (Å²) in [6.45, 7) is 6.45. The van der Waals surface area contributed by atoms with E-state index in [4.69, 9.17) is 4.74 Å². The topological polar surface area (TPSA) is 48.9 Å². The number of hydrogen-bond donors (Lipinski definition) is 2. The fourth-order valence-corrected chi connectivity index (χ4v) is 3.21. The minimum atomic E-state index is 0.791. The number of rotatable bonds is 5. The van der Waals surface area contributed by atoms with Gasteiger partial charge in [0.15, 0.2) is 5.96 Å². The minimum absolute atomic E-state index is 0.791. The second kappa shape index (κ2) is 8.61. The number of hydrogen-bond acceptors (Lipinski definition) is 4. The third kappa shape index (κ3) is 5.40. The average molecular weight is 361 g/mol. The van der Waals surface area contributed by atoms with Gasteiger partial charge in [-0.25, -0.2) is 0 Å². The molecule has 0 bridgehead atoms. The molecule has 2 N–H and O–H groups in total. The molecule has 5 nitrogen and oxygen atoms in total. The number of thiophene rings is 1. The summed E-state index contributed by atoms with van der Waals surface area (Å²) in [5.41, 5.74) is 1.26. The molecule has 20 heavy (non-hydrogen) atoms. The van der Waals surface area contributed by atoms with Gasteiger partial charge in [0, 0.05) is 39.8 Å². The molecule has 2 heterocycles. The predicted molar refractivity (Wildman–Crippen MR) is 87.5 cm³/mol. The summed E-state index contributed by atoms with van der Waals surface area (Å²) in [7, 11) is 1.80. The van der Waals surface area contributed by atoms with Crippen molar-refractivity contribution in [3.05, 3.63) is 20.8 Å². The third-order valence-electron chi connectivity index (χ3n) is 3.13. The highest BCUT2D eigenvalue weighted by Gasteiger charge is 2.09. The lowest BCUT2D eigenvalue weighted by Gasteiger charge is -2.26. The summed E-state index contributed by atoms with van der Waals surface area (Å²) in [5, 5.41) is 8.80. The van der Waals surface area contributed by atoms with Crippen molar-refractivity contribution in [2.45, 2.75) is 6.54 Å². The van der Waals surface area contributed by atoms with Crippen molar-refractivity contribution in [2.75, 3.05) is 46.4 Å². The average Bonchev–Trinajstić information content (AvgIpc) is 2.89. The van der Waals surface area contributed by atoms with E-state index in [9.17, 15) is 0 Å². The quantitative estimate of drug-likeness (QED) is 0.617. The molecule has 0 aromatic carbocycles. The molecule has 1 aromatic rings. The lowest BCUT2D eigenvalue weighted by Crippen LogP contribution is -2.44. The SMILES string of the molecule is CN=C(NCCN1CCOCC1)NCc1csc(Br)c1. The predicted octanol–water partition coefficient (Wildman–Crippen LogP) is 1.51. The van der Waals surface area contributed by atoms with Crippen LogP contribution in [0.25, 0.3) is 0 Å². The highest BCUT2D eigenvalue weighted by Crippen LogP contribution is 2.20. The maximum absolute atomic E-state index is 5.34.